The summed E-state index contributed by atoms with van der Waals surface area (Å²) in [5.41, 5.74) is 5.60. The molecule has 1 aromatic rings. The average molecular weight is 253 g/mol. The van der Waals surface area contributed by atoms with E-state index < -0.39 is 18.1 Å². The molecule has 1 rings (SSSR count). The van der Waals surface area contributed by atoms with Crippen molar-refractivity contribution in [1.82, 2.24) is 0 Å². The Morgan fingerprint density at radius 1 is 1.50 bits per heavy atom. The summed E-state index contributed by atoms with van der Waals surface area (Å²) in [5, 5.41) is 19.4. The summed E-state index contributed by atoms with van der Waals surface area (Å²) in [7, 11) is 1.39. The number of benzene rings is 1. The molecule has 18 heavy (non-hydrogen) atoms. The lowest BCUT2D eigenvalue weighted by Gasteiger charge is -2.17. The van der Waals surface area contributed by atoms with Crippen LogP contribution in [0.1, 0.15) is 28.4 Å². The molecule has 0 heterocycles. The van der Waals surface area contributed by atoms with Gasteiger partial charge in [-0.25, -0.2) is 0 Å². The standard InChI is InChI=1S/C12H15NO5/c1-18-10-4-7(2-3-8(10)6-14)12(17)9(15)5-11(13)16/h2-4,6,9,12,15,17H,5H2,1H3,(H2,13,16). The Labute approximate surface area is 104 Å². The highest BCUT2D eigenvalue weighted by Crippen LogP contribution is 2.25. The van der Waals surface area contributed by atoms with E-state index in [1.54, 1.807) is 0 Å². The SMILES string of the molecule is COc1cc(C(O)C(O)CC(N)=O)ccc1C=O. The number of nitrogens with two attached hydrogens (primary N) is 1. The molecular weight excluding hydrogens is 238 g/mol. The maximum Gasteiger partial charge on any atom is 0.220 e. The highest BCUT2D eigenvalue weighted by molar-refractivity contribution is 5.79. The Morgan fingerprint density at radius 2 is 2.17 bits per heavy atom. The minimum atomic E-state index is -1.30. The third-order valence-electron chi connectivity index (χ3n) is 2.50. The fourth-order valence-electron chi connectivity index (χ4n) is 1.55. The first-order chi connectivity index (χ1) is 8.49. The van der Waals surface area contributed by atoms with Crippen LogP contribution < -0.4 is 10.5 Å². The van der Waals surface area contributed by atoms with E-state index in [1.165, 1.54) is 25.3 Å². The third kappa shape index (κ3) is 3.28. The molecule has 0 saturated carbocycles. The van der Waals surface area contributed by atoms with Crippen LogP contribution in [0.4, 0.5) is 0 Å². The van der Waals surface area contributed by atoms with Crippen molar-refractivity contribution in [3.05, 3.63) is 29.3 Å². The smallest absolute Gasteiger partial charge is 0.220 e. The number of aldehydes is 1. The van der Waals surface area contributed by atoms with E-state index in [9.17, 15) is 19.8 Å². The van der Waals surface area contributed by atoms with Gasteiger partial charge >= 0.3 is 0 Å². The van der Waals surface area contributed by atoms with Gasteiger partial charge in [-0.2, -0.15) is 0 Å². The number of ether oxygens (including phenoxy) is 1. The Hall–Kier alpha value is -1.92. The van der Waals surface area contributed by atoms with Gasteiger partial charge < -0.3 is 20.7 Å². The number of hydrogen-bond acceptors (Lipinski definition) is 5. The lowest BCUT2D eigenvalue weighted by molar-refractivity contribution is -0.121. The lowest BCUT2D eigenvalue weighted by atomic mass is 10.00. The van der Waals surface area contributed by atoms with Gasteiger partial charge in [-0.3, -0.25) is 9.59 Å². The zero-order valence-corrected chi connectivity index (χ0v) is 9.87. The van der Waals surface area contributed by atoms with Crippen molar-refractivity contribution in [2.24, 2.45) is 5.73 Å². The van der Waals surface area contributed by atoms with Gasteiger partial charge in [-0.05, 0) is 17.7 Å². The predicted octanol–water partition coefficient (Wildman–Crippen LogP) is -0.223. The topological polar surface area (TPSA) is 110 Å². The molecule has 2 unspecified atom stereocenters. The number of carbonyl (C=O) groups is 2. The van der Waals surface area contributed by atoms with Crippen molar-refractivity contribution in [3.8, 4) is 5.75 Å². The number of aliphatic hydroxyl groups is 2. The summed E-state index contributed by atoms with van der Waals surface area (Å²) in [6.07, 6.45) is -2.30. The van der Waals surface area contributed by atoms with E-state index in [1.807, 2.05) is 0 Å². The number of carbonyl (C=O) groups excluding carboxylic acids is 2. The molecule has 0 aliphatic heterocycles. The van der Waals surface area contributed by atoms with E-state index in [-0.39, 0.29) is 12.2 Å². The van der Waals surface area contributed by atoms with Crippen molar-refractivity contribution in [2.75, 3.05) is 7.11 Å². The van der Waals surface area contributed by atoms with E-state index in [4.69, 9.17) is 10.5 Å². The molecule has 6 nitrogen and oxygen atoms in total. The van der Waals surface area contributed by atoms with Crippen LogP contribution >= 0.6 is 0 Å². The number of methoxy groups -OCH3 is 1. The van der Waals surface area contributed by atoms with Crippen LogP contribution in [0.25, 0.3) is 0 Å². The normalized spacial score (nSPS) is 13.7. The first kappa shape index (κ1) is 14.1. The minimum absolute atomic E-state index is 0.285. The molecule has 2 atom stereocenters. The Balaban J connectivity index is 2.95. The van der Waals surface area contributed by atoms with Gasteiger partial charge in [0.1, 0.15) is 11.9 Å². The first-order valence-electron chi connectivity index (χ1n) is 5.27. The van der Waals surface area contributed by atoms with E-state index in [0.29, 0.717) is 17.4 Å². The van der Waals surface area contributed by atoms with Crippen LogP contribution in [0.15, 0.2) is 18.2 Å². The molecule has 0 aliphatic rings. The molecule has 1 amide bonds. The monoisotopic (exact) mass is 253 g/mol. The molecular formula is C12H15NO5. The fourth-order valence-corrected chi connectivity index (χ4v) is 1.55. The Morgan fingerprint density at radius 3 is 2.67 bits per heavy atom. The van der Waals surface area contributed by atoms with E-state index in [2.05, 4.69) is 0 Å². The molecule has 6 heteroatoms. The van der Waals surface area contributed by atoms with Crippen molar-refractivity contribution in [1.29, 1.82) is 0 Å². The van der Waals surface area contributed by atoms with Crippen molar-refractivity contribution < 1.29 is 24.5 Å². The number of amides is 1. The van der Waals surface area contributed by atoms with Gasteiger partial charge in [0, 0.05) is 0 Å². The maximum atomic E-state index is 10.7. The predicted molar refractivity (Wildman–Crippen MR) is 63.2 cm³/mol. The van der Waals surface area contributed by atoms with Gasteiger partial charge in [0.05, 0.1) is 25.2 Å². The van der Waals surface area contributed by atoms with E-state index >= 15 is 0 Å². The van der Waals surface area contributed by atoms with Crippen LogP contribution in [0.5, 0.6) is 5.75 Å². The third-order valence-corrected chi connectivity index (χ3v) is 2.50. The summed E-state index contributed by atoms with van der Waals surface area (Å²) in [5.74, 6) is -0.425. The van der Waals surface area contributed by atoms with Crippen LogP contribution in [-0.4, -0.2) is 35.6 Å². The van der Waals surface area contributed by atoms with Crippen LogP contribution in [0, 0.1) is 0 Å². The number of aliphatic hydroxyl groups excluding tert-OH is 2. The number of primary amides is 1. The molecule has 98 valence electrons. The molecule has 0 aliphatic carbocycles. The number of rotatable bonds is 6. The van der Waals surface area contributed by atoms with Crippen LogP contribution in [0.2, 0.25) is 0 Å². The summed E-state index contributed by atoms with van der Waals surface area (Å²) in [4.78, 5) is 21.3. The molecule has 0 bridgehead atoms. The van der Waals surface area contributed by atoms with Gasteiger partial charge in [-0.1, -0.05) is 6.07 Å². The number of hydrogen-bond donors (Lipinski definition) is 3. The highest BCUT2D eigenvalue weighted by atomic mass is 16.5. The molecule has 0 fully saturated rings. The molecule has 0 saturated heterocycles. The fraction of sp³-hybridized carbons (Fsp3) is 0.333. The minimum Gasteiger partial charge on any atom is -0.496 e. The molecule has 1 aromatic carbocycles. The Bertz CT molecular complexity index is 446. The second-order valence-electron chi connectivity index (χ2n) is 3.80. The van der Waals surface area contributed by atoms with E-state index in [0.717, 1.165) is 0 Å². The van der Waals surface area contributed by atoms with Gasteiger partial charge in [0.2, 0.25) is 5.91 Å². The van der Waals surface area contributed by atoms with Crippen LogP contribution in [-0.2, 0) is 4.79 Å². The summed E-state index contributed by atoms with van der Waals surface area (Å²) in [6, 6.07) is 4.36. The van der Waals surface area contributed by atoms with Gasteiger partial charge in [0.25, 0.3) is 0 Å². The van der Waals surface area contributed by atoms with Crippen molar-refractivity contribution in [3.63, 3.8) is 0 Å². The zero-order chi connectivity index (χ0) is 13.7. The molecule has 0 radical (unpaired) electrons. The quantitative estimate of drug-likeness (QED) is 0.607. The average Bonchev–Trinajstić information content (AvgIpc) is 2.36. The zero-order valence-electron chi connectivity index (χ0n) is 9.87. The van der Waals surface area contributed by atoms with Gasteiger partial charge in [-0.15, -0.1) is 0 Å². The molecule has 0 aromatic heterocycles. The summed E-state index contributed by atoms with van der Waals surface area (Å²) >= 11 is 0. The molecule has 4 N–H and O–H groups in total. The van der Waals surface area contributed by atoms with Gasteiger partial charge in [0.15, 0.2) is 6.29 Å². The Kier molecular flexibility index (Phi) is 4.82. The largest absolute Gasteiger partial charge is 0.496 e. The first-order valence-corrected chi connectivity index (χ1v) is 5.27. The van der Waals surface area contributed by atoms with Crippen molar-refractivity contribution in [2.45, 2.75) is 18.6 Å². The van der Waals surface area contributed by atoms with Crippen molar-refractivity contribution >= 4 is 12.2 Å². The lowest BCUT2D eigenvalue weighted by Crippen LogP contribution is -2.25. The second kappa shape index (κ2) is 6.13. The highest BCUT2D eigenvalue weighted by Gasteiger charge is 2.21. The maximum absolute atomic E-state index is 10.7. The summed E-state index contributed by atoms with van der Waals surface area (Å²) in [6.45, 7) is 0. The second-order valence-corrected chi connectivity index (χ2v) is 3.80. The van der Waals surface area contributed by atoms with Crippen LogP contribution in [0.3, 0.4) is 0 Å². The molecule has 0 spiro atoms. The summed E-state index contributed by atoms with van der Waals surface area (Å²) < 4.78 is 4.97.